The topological polar surface area (TPSA) is 17.0 Å². The zero-order chi connectivity index (χ0) is 13.8. The number of benzene rings is 1. The predicted octanol–water partition coefficient (Wildman–Crippen LogP) is 4.11. The highest BCUT2D eigenvalue weighted by molar-refractivity contribution is 5.81. The predicted molar refractivity (Wildman–Crippen MR) is 83.3 cm³/mol. The number of rotatable bonds is 6. The van der Waals surface area contributed by atoms with Crippen LogP contribution in [-0.4, -0.2) is 10.6 Å². The number of aromatic nitrogens is 1. The third-order valence-electron chi connectivity index (χ3n) is 3.35. The molecule has 2 rings (SSSR count). The number of para-hydroxylation sites is 1. The minimum atomic E-state index is 0.507. The summed E-state index contributed by atoms with van der Waals surface area (Å²) in [5.74, 6) is 0. The lowest BCUT2D eigenvalue weighted by Crippen LogP contribution is -2.23. The van der Waals surface area contributed by atoms with Crippen molar-refractivity contribution < 1.29 is 0 Å². The molecule has 2 nitrogen and oxygen atoms in total. The normalized spacial score (nSPS) is 11.4. The molecule has 102 valence electrons. The van der Waals surface area contributed by atoms with Crippen molar-refractivity contribution in [2.75, 3.05) is 0 Å². The van der Waals surface area contributed by atoms with Crippen LogP contribution in [0, 0.1) is 0 Å². The molecule has 0 fully saturated rings. The molecule has 0 saturated carbocycles. The Morgan fingerprint density at radius 2 is 2.05 bits per heavy atom. The van der Waals surface area contributed by atoms with Crippen LogP contribution < -0.4 is 5.32 Å². The molecule has 19 heavy (non-hydrogen) atoms. The zero-order valence-electron chi connectivity index (χ0n) is 12.2. The largest absolute Gasteiger partial charge is 0.343 e. The maximum atomic E-state index is 4.01. The number of fused-ring (bicyclic) bond motifs is 1. The van der Waals surface area contributed by atoms with E-state index in [1.165, 1.54) is 22.2 Å². The SMILES string of the molecule is C=C(C)CCn1c(CNC(C)C)cc2ccccc21. The molecular formula is C17H24N2. The number of hydrogen-bond donors (Lipinski definition) is 1. The molecule has 1 N–H and O–H groups in total. The highest BCUT2D eigenvalue weighted by Crippen LogP contribution is 2.21. The number of hydrogen-bond acceptors (Lipinski definition) is 1. The van der Waals surface area contributed by atoms with Crippen LogP contribution in [0.5, 0.6) is 0 Å². The lowest BCUT2D eigenvalue weighted by molar-refractivity contribution is 0.558. The van der Waals surface area contributed by atoms with E-state index in [1.807, 2.05) is 0 Å². The van der Waals surface area contributed by atoms with Gasteiger partial charge in [0.25, 0.3) is 0 Å². The van der Waals surface area contributed by atoms with E-state index in [9.17, 15) is 0 Å². The summed E-state index contributed by atoms with van der Waals surface area (Å²) in [6.07, 6.45) is 1.04. The second-order valence-electron chi connectivity index (χ2n) is 5.59. The third-order valence-corrected chi connectivity index (χ3v) is 3.35. The molecule has 0 aliphatic rings. The van der Waals surface area contributed by atoms with Crippen LogP contribution in [0.4, 0.5) is 0 Å². The summed E-state index contributed by atoms with van der Waals surface area (Å²) in [5.41, 5.74) is 3.92. The Kier molecular flexibility index (Phi) is 4.43. The maximum Gasteiger partial charge on any atom is 0.0483 e. The Morgan fingerprint density at radius 3 is 2.74 bits per heavy atom. The summed E-state index contributed by atoms with van der Waals surface area (Å²) in [4.78, 5) is 0. The number of allylic oxidation sites excluding steroid dienone is 1. The first-order valence-electron chi connectivity index (χ1n) is 7.03. The first-order chi connectivity index (χ1) is 9.08. The molecule has 1 aromatic heterocycles. The molecule has 0 saturated heterocycles. The van der Waals surface area contributed by atoms with Crippen molar-refractivity contribution >= 4 is 10.9 Å². The molecule has 0 amide bonds. The molecule has 0 radical (unpaired) electrons. The number of aryl methyl sites for hydroxylation is 1. The third kappa shape index (κ3) is 3.48. The first kappa shape index (κ1) is 13.9. The second kappa shape index (κ2) is 6.07. The molecule has 0 aliphatic carbocycles. The summed E-state index contributed by atoms with van der Waals surface area (Å²) < 4.78 is 2.42. The smallest absolute Gasteiger partial charge is 0.0483 e. The van der Waals surface area contributed by atoms with Crippen molar-refractivity contribution in [2.45, 2.75) is 46.3 Å². The molecule has 0 aliphatic heterocycles. The fourth-order valence-corrected chi connectivity index (χ4v) is 2.29. The van der Waals surface area contributed by atoms with Crippen molar-refractivity contribution in [3.05, 3.63) is 48.2 Å². The van der Waals surface area contributed by atoms with Crippen LogP contribution in [0.3, 0.4) is 0 Å². The molecule has 1 heterocycles. The molecule has 0 spiro atoms. The number of nitrogens with one attached hydrogen (secondary N) is 1. The van der Waals surface area contributed by atoms with Gasteiger partial charge in [-0.05, 0) is 30.9 Å². The first-order valence-corrected chi connectivity index (χ1v) is 7.03. The van der Waals surface area contributed by atoms with Crippen molar-refractivity contribution in [2.24, 2.45) is 0 Å². The van der Waals surface area contributed by atoms with Gasteiger partial charge in [0, 0.05) is 30.3 Å². The molecular weight excluding hydrogens is 232 g/mol. The van der Waals surface area contributed by atoms with E-state index in [1.54, 1.807) is 0 Å². The van der Waals surface area contributed by atoms with E-state index in [-0.39, 0.29) is 0 Å². The van der Waals surface area contributed by atoms with Crippen LogP contribution in [0.15, 0.2) is 42.5 Å². The molecule has 2 aromatic rings. The van der Waals surface area contributed by atoms with Crippen LogP contribution in [0.1, 0.15) is 32.9 Å². The van der Waals surface area contributed by atoms with Crippen molar-refractivity contribution in [3.8, 4) is 0 Å². The Bertz CT molecular complexity index is 564. The molecule has 0 unspecified atom stereocenters. The lowest BCUT2D eigenvalue weighted by atomic mass is 10.2. The minimum absolute atomic E-state index is 0.507. The summed E-state index contributed by atoms with van der Waals surface area (Å²) in [5, 5.41) is 4.83. The van der Waals surface area contributed by atoms with Gasteiger partial charge in [-0.1, -0.05) is 37.6 Å². The van der Waals surface area contributed by atoms with Gasteiger partial charge in [-0.25, -0.2) is 0 Å². The van der Waals surface area contributed by atoms with E-state index in [0.29, 0.717) is 6.04 Å². The van der Waals surface area contributed by atoms with Gasteiger partial charge in [0.2, 0.25) is 0 Å². The van der Waals surface area contributed by atoms with Crippen LogP contribution in [-0.2, 0) is 13.1 Å². The van der Waals surface area contributed by atoms with E-state index in [2.05, 4.69) is 67.6 Å². The Morgan fingerprint density at radius 1 is 1.32 bits per heavy atom. The fourth-order valence-electron chi connectivity index (χ4n) is 2.29. The maximum absolute atomic E-state index is 4.01. The second-order valence-corrected chi connectivity index (χ2v) is 5.59. The Hall–Kier alpha value is -1.54. The average molecular weight is 256 g/mol. The van der Waals surface area contributed by atoms with Crippen molar-refractivity contribution in [1.29, 1.82) is 0 Å². The fraction of sp³-hybridized carbons (Fsp3) is 0.412. The van der Waals surface area contributed by atoms with Gasteiger partial charge in [-0.3, -0.25) is 0 Å². The molecule has 0 bridgehead atoms. The Balaban J connectivity index is 2.31. The molecule has 2 heteroatoms. The summed E-state index contributed by atoms with van der Waals surface area (Å²) >= 11 is 0. The quantitative estimate of drug-likeness (QED) is 0.770. The minimum Gasteiger partial charge on any atom is -0.343 e. The summed E-state index contributed by atoms with van der Waals surface area (Å²) in [7, 11) is 0. The summed E-state index contributed by atoms with van der Waals surface area (Å²) in [6.45, 7) is 12.4. The van der Waals surface area contributed by atoms with Crippen LogP contribution in [0.25, 0.3) is 10.9 Å². The van der Waals surface area contributed by atoms with E-state index < -0.39 is 0 Å². The van der Waals surface area contributed by atoms with Crippen LogP contribution in [0.2, 0.25) is 0 Å². The molecule has 1 aromatic carbocycles. The lowest BCUT2D eigenvalue weighted by Gasteiger charge is -2.13. The number of nitrogens with zero attached hydrogens (tertiary/aromatic N) is 1. The molecule has 0 atom stereocenters. The standard InChI is InChI=1S/C17H24N2/c1-13(2)9-10-19-16(12-18-14(3)4)11-15-7-5-6-8-17(15)19/h5-8,11,14,18H,1,9-10,12H2,2-4H3. The van der Waals surface area contributed by atoms with Crippen molar-refractivity contribution in [3.63, 3.8) is 0 Å². The van der Waals surface area contributed by atoms with Gasteiger partial charge >= 0.3 is 0 Å². The van der Waals surface area contributed by atoms with Gasteiger partial charge in [0.1, 0.15) is 0 Å². The van der Waals surface area contributed by atoms with Crippen LogP contribution >= 0.6 is 0 Å². The highest BCUT2D eigenvalue weighted by atomic mass is 15.0. The Labute approximate surface area is 116 Å². The van der Waals surface area contributed by atoms with Gasteiger partial charge in [0.05, 0.1) is 0 Å². The monoisotopic (exact) mass is 256 g/mol. The summed E-state index contributed by atoms with van der Waals surface area (Å²) in [6, 6.07) is 11.4. The van der Waals surface area contributed by atoms with Gasteiger partial charge in [-0.2, -0.15) is 0 Å². The highest BCUT2D eigenvalue weighted by Gasteiger charge is 2.08. The van der Waals surface area contributed by atoms with E-state index in [0.717, 1.165) is 19.5 Å². The zero-order valence-corrected chi connectivity index (χ0v) is 12.2. The van der Waals surface area contributed by atoms with E-state index in [4.69, 9.17) is 0 Å². The van der Waals surface area contributed by atoms with Crippen molar-refractivity contribution in [1.82, 2.24) is 9.88 Å². The van der Waals surface area contributed by atoms with E-state index >= 15 is 0 Å². The van der Waals surface area contributed by atoms with Gasteiger partial charge in [-0.15, -0.1) is 6.58 Å². The van der Waals surface area contributed by atoms with Gasteiger partial charge < -0.3 is 9.88 Å². The van der Waals surface area contributed by atoms with Gasteiger partial charge in [0.15, 0.2) is 0 Å². The average Bonchev–Trinajstić information content (AvgIpc) is 2.71.